The first-order valence-electron chi connectivity index (χ1n) is 9.56. The van der Waals surface area contributed by atoms with Crippen LogP contribution in [0.15, 0.2) is 35.5 Å². The fourth-order valence-electron chi connectivity index (χ4n) is 3.48. The topological polar surface area (TPSA) is 66.6 Å². The van der Waals surface area contributed by atoms with Gasteiger partial charge in [0, 0.05) is 49.1 Å². The van der Waals surface area contributed by atoms with Gasteiger partial charge >= 0.3 is 0 Å². The summed E-state index contributed by atoms with van der Waals surface area (Å²) in [5, 5.41) is 5.79. The van der Waals surface area contributed by atoms with Crippen LogP contribution in [0.4, 0.5) is 0 Å². The molecule has 29 heavy (non-hydrogen) atoms. The van der Waals surface area contributed by atoms with Crippen LogP contribution >= 0.6 is 23.4 Å². The molecule has 1 aromatic carbocycles. The first-order chi connectivity index (χ1) is 14.0. The van der Waals surface area contributed by atoms with Crippen molar-refractivity contribution in [3.05, 3.63) is 52.3 Å². The van der Waals surface area contributed by atoms with Gasteiger partial charge in [-0.15, -0.1) is 5.10 Å². The predicted molar refractivity (Wildman–Crippen MR) is 114 cm³/mol. The highest BCUT2D eigenvalue weighted by Crippen LogP contribution is 2.18. The normalized spacial score (nSPS) is 15.2. The lowest BCUT2D eigenvalue weighted by Gasteiger charge is -2.34. The molecule has 2 aromatic heterocycles. The zero-order valence-electron chi connectivity index (χ0n) is 16.5. The quantitative estimate of drug-likeness (QED) is 0.580. The highest BCUT2D eigenvalue weighted by atomic mass is 35.5. The van der Waals surface area contributed by atoms with Crippen molar-refractivity contribution in [2.75, 3.05) is 31.9 Å². The molecule has 9 heteroatoms. The van der Waals surface area contributed by atoms with Crippen LogP contribution in [-0.4, -0.2) is 67.2 Å². The highest BCUT2D eigenvalue weighted by Gasteiger charge is 2.22. The minimum Gasteiger partial charge on any atom is -0.339 e. The molecule has 0 saturated carbocycles. The standard InChI is InChI=1S/C20H23ClN6OS/c1-14-10-15(2)27-19(22-14)23-20(24-27)29-13-18(28)26-8-6-25(7-9-26)12-16-4-3-5-17(21)11-16/h3-5,10-11H,6-9,12-13H2,1-2H3. The van der Waals surface area contributed by atoms with Gasteiger partial charge in [-0.1, -0.05) is 35.5 Å². The van der Waals surface area contributed by atoms with Crippen molar-refractivity contribution in [3.63, 3.8) is 0 Å². The predicted octanol–water partition coefficient (Wildman–Crippen LogP) is 2.83. The molecule has 1 amide bonds. The molecule has 1 saturated heterocycles. The maximum absolute atomic E-state index is 12.6. The molecule has 0 N–H and O–H groups in total. The highest BCUT2D eigenvalue weighted by molar-refractivity contribution is 7.99. The Bertz CT molecular complexity index is 1030. The van der Waals surface area contributed by atoms with Crippen LogP contribution in [0.2, 0.25) is 5.02 Å². The van der Waals surface area contributed by atoms with Gasteiger partial charge in [0.25, 0.3) is 5.78 Å². The summed E-state index contributed by atoms with van der Waals surface area (Å²) < 4.78 is 1.72. The van der Waals surface area contributed by atoms with Gasteiger partial charge in [0.2, 0.25) is 11.1 Å². The SMILES string of the molecule is Cc1cc(C)n2nc(SCC(=O)N3CCN(Cc4cccc(Cl)c4)CC3)nc2n1. The molecule has 152 valence electrons. The Morgan fingerprint density at radius 1 is 1.14 bits per heavy atom. The number of halogens is 1. The molecule has 4 rings (SSSR count). The molecule has 0 bridgehead atoms. The Balaban J connectivity index is 1.28. The van der Waals surface area contributed by atoms with Crippen LogP contribution in [0.5, 0.6) is 0 Å². The van der Waals surface area contributed by atoms with Gasteiger partial charge in [0.15, 0.2) is 0 Å². The van der Waals surface area contributed by atoms with Crippen molar-refractivity contribution in [3.8, 4) is 0 Å². The summed E-state index contributed by atoms with van der Waals surface area (Å²) in [5.74, 6) is 1.03. The fraction of sp³-hybridized carbons (Fsp3) is 0.400. The lowest BCUT2D eigenvalue weighted by Crippen LogP contribution is -2.48. The van der Waals surface area contributed by atoms with Crippen molar-refractivity contribution >= 4 is 35.0 Å². The van der Waals surface area contributed by atoms with Crippen molar-refractivity contribution in [2.45, 2.75) is 25.5 Å². The minimum absolute atomic E-state index is 0.122. The molecule has 1 fully saturated rings. The number of carbonyl (C=O) groups excluding carboxylic acids is 1. The number of nitrogens with zero attached hydrogens (tertiary/aromatic N) is 6. The Morgan fingerprint density at radius 2 is 1.93 bits per heavy atom. The number of thioether (sulfide) groups is 1. The second-order valence-electron chi connectivity index (χ2n) is 7.22. The van der Waals surface area contributed by atoms with E-state index in [0.29, 0.717) is 16.7 Å². The molecule has 3 heterocycles. The smallest absolute Gasteiger partial charge is 0.253 e. The Morgan fingerprint density at radius 3 is 2.69 bits per heavy atom. The van der Waals surface area contributed by atoms with E-state index in [1.54, 1.807) is 4.52 Å². The van der Waals surface area contributed by atoms with Gasteiger partial charge in [-0.05, 0) is 37.6 Å². The maximum Gasteiger partial charge on any atom is 0.253 e. The van der Waals surface area contributed by atoms with E-state index in [2.05, 4.69) is 26.0 Å². The second-order valence-corrected chi connectivity index (χ2v) is 8.60. The molecular formula is C20H23ClN6OS. The van der Waals surface area contributed by atoms with Crippen LogP contribution < -0.4 is 0 Å². The van der Waals surface area contributed by atoms with E-state index in [1.807, 2.05) is 43.0 Å². The van der Waals surface area contributed by atoms with E-state index in [-0.39, 0.29) is 5.91 Å². The van der Waals surface area contributed by atoms with E-state index in [1.165, 1.54) is 17.3 Å². The number of amides is 1. The number of piperazine rings is 1. The van der Waals surface area contributed by atoms with Gasteiger partial charge in [-0.25, -0.2) is 9.50 Å². The van der Waals surface area contributed by atoms with Crippen LogP contribution in [0.1, 0.15) is 17.0 Å². The minimum atomic E-state index is 0.122. The molecule has 3 aromatic rings. The molecule has 7 nitrogen and oxygen atoms in total. The summed E-state index contributed by atoms with van der Waals surface area (Å²) in [6.45, 7) is 7.95. The van der Waals surface area contributed by atoms with E-state index >= 15 is 0 Å². The van der Waals surface area contributed by atoms with Gasteiger partial charge in [-0.3, -0.25) is 9.69 Å². The van der Waals surface area contributed by atoms with Crippen molar-refractivity contribution in [2.24, 2.45) is 0 Å². The number of aromatic nitrogens is 4. The van der Waals surface area contributed by atoms with Crippen LogP contribution in [0.25, 0.3) is 5.78 Å². The number of benzene rings is 1. The summed E-state index contributed by atoms with van der Waals surface area (Å²) in [7, 11) is 0. The number of hydrogen-bond donors (Lipinski definition) is 0. The zero-order valence-corrected chi connectivity index (χ0v) is 18.1. The third-order valence-electron chi connectivity index (χ3n) is 4.94. The van der Waals surface area contributed by atoms with Crippen molar-refractivity contribution < 1.29 is 4.79 Å². The van der Waals surface area contributed by atoms with Gasteiger partial charge in [0.05, 0.1) is 5.75 Å². The monoisotopic (exact) mass is 430 g/mol. The third kappa shape index (κ3) is 4.88. The molecule has 0 unspecified atom stereocenters. The molecule has 0 atom stereocenters. The van der Waals surface area contributed by atoms with Gasteiger partial charge < -0.3 is 4.90 Å². The number of aryl methyl sites for hydroxylation is 2. The summed E-state index contributed by atoms with van der Waals surface area (Å²) >= 11 is 7.43. The summed E-state index contributed by atoms with van der Waals surface area (Å²) in [6, 6.07) is 9.90. The molecule has 1 aliphatic heterocycles. The molecule has 0 radical (unpaired) electrons. The number of rotatable bonds is 5. The summed E-state index contributed by atoms with van der Waals surface area (Å²) in [5.41, 5.74) is 3.09. The lowest BCUT2D eigenvalue weighted by atomic mass is 10.2. The van der Waals surface area contributed by atoms with Gasteiger partial charge in [-0.2, -0.15) is 4.98 Å². The number of fused-ring (bicyclic) bond motifs is 1. The van der Waals surface area contributed by atoms with E-state index in [4.69, 9.17) is 11.6 Å². The Labute approximate surface area is 179 Å². The number of carbonyl (C=O) groups is 1. The Hall–Kier alpha value is -2.16. The average molecular weight is 431 g/mol. The van der Waals surface area contributed by atoms with E-state index < -0.39 is 0 Å². The molecule has 0 spiro atoms. The second kappa shape index (κ2) is 8.69. The van der Waals surface area contributed by atoms with E-state index in [9.17, 15) is 4.79 Å². The summed E-state index contributed by atoms with van der Waals surface area (Å²) in [4.78, 5) is 25.7. The molecule has 0 aliphatic carbocycles. The zero-order chi connectivity index (χ0) is 20.4. The van der Waals surface area contributed by atoms with E-state index in [0.717, 1.165) is 49.1 Å². The first kappa shape index (κ1) is 20.1. The van der Waals surface area contributed by atoms with Crippen LogP contribution in [0.3, 0.4) is 0 Å². The number of hydrogen-bond acceptors (Lipinski definition) is 6. The summed E-state index contributed by atoms with van der Waals surface area (Å²) in [6.07, 6.45) is 0. The first-order valence-corrected chi connectivity index (χ1v) is 10.9. The third-order valence-corrected chi connectivity index (χ3v) is 6.00. The average Bonchev–Trinajstić information content (AvgIpc) is 3.10. The lowest BCUT2D eigenvalue weighted by molar-refractivity contribution is -0.130. The molecular weight excluding hydrogens is 408 g/mol. The van der Waals surface area contributed by atoms with Gasteiger partial charge in [0.1, 0.15) is 0 Å². The fourth-order valence-corrected chi connectivity index (χ4v) is 4.41. The van der Waals surface area contributed by atoms with Crippen molar-refractivity contribution in [1.29, 1.82) is 0 Å². The molecule has 1 aliphatic rings. The largest absolute Gasteiger partial charge is 0.339 e. The van der Waals surface area contributed by atoms with Crippen LogP contribution in [0, 0.1) is 13.8 Å². The van der Waals surface area contributed by atoms with Crippen molar-refractivity contribution in [1.82, 2.24) is 29.4 Å². The van der Waals surface area contributed by atoms with Crippen LogP contribution in [-0.2, 0) is 11.3 Å². The Kier molecular flexibility index (Phi) is 6.03. The maximum atomic E-state index is 12.6.